The van der Waals surface area contributed by atoms with Crippen molar-refractivity contribution in [3.8, 4) is 0 Å². The normalized spacial score (nSPS) is 38.3. The standard InChI is InChI=1S/C11H19NOS/c1-3-11(2)10(13)12-7-4-5-9(12)6-8-14-11/h9H,3-8H2,1-2H3/t9-,11-/m0/s1. The highest BCUT2D eigenvalue weighted by molar-refractivity contribution is 8.01. The fraction of sp³-hybridized carbons (Fsp3) is 0.909. The predicted octanol–water partition coefficient (Wildman–Crippen LogP) is 2.28. The largest absolute Gasteiger partial charge is 0.338 e. The van der Waals surface area contributed by atoms with Crippen LogP contribution in [0.3, 0.4) is 0 Å². The third-order valence-electron chi connectivity index (χ3n) is 3.64. The first-order valence-electron chi connectivity index (χ1n) is 5.62. The highest BCUT2D eigenvalue weighted by Gasteiger charge is 2.42. The average Bonchev–Trinajstić information content (AvgIpc) is 2.60. The van der Waals surface area contributed by atoms with Crippen LogP contribution in [0.15, 0.2) is 0 Å². The van der Waals surface area contributed by atoms with E-state index in [4.69, 9.17) is 0 Å². The molecule has 2 heterocycles. The van der Waals surface area contributed by atoms with E-state index in [1.165, 1.54) is 19.3 Å². The molecule has 0 saturated carbocycles. The van der Waals surface area contributed by atoms with Crippen LogP contribution in [0.5, 0.6) is 0 Å². The molecular weight excluding hydrogens is 194 g/mol. The Balaban J connectivity index is 2.21. The van der Waals surface area contributed by atoms with E-state index < -0.39 is 0 Å². The number of hydrogen-bond acceptors (Lipinski definition) is 2. The summed E-state index contributed by atoms with van der Waals surface area (Å²) >= 11 is 1.86. The molecule has 0 aromatic heterocycles. The summed E-state index contributed by atoms with van der Waals surface area (Å²) in [4.78, 5) is 14.4. The minimum Gasteiger partial charge on any atom is -0.338 e. The molecule has 2 fully saturated rings. The highest BCUT2D eigenvalue weighted by Crippen LogP contribution is 2.38. The van der Waals surface area contributed by atoms with Gasteiger partial charge in [0.05, 0.1) is 4.75 Å². The third-order valence-corrected chi connectivity index (χ3v) is 5.18. The van der Waals surface area contributed by atoms with Crippen LogP contribution in [-0.4, -0.2) is 33.9 Å². The maximum Gasteiger partial charge on any atom is 0.238 e. The van der Waals surface area contributed by atoms with Crippen molar-refractivity contribution >= 4 is 17.7 Å². The number of rotatable bonds is 1. The molecule has 0 spiro atoms. The molecule has 80 valence electrons. The highest BCUT2D eigenvalue weighted by atomic mass is 32.2. The van der Waals surface area contributed by atoms with Crippen LogP contribution in [0.1, 0.15) is 39.5 Å². The molecule has 3 heteroatoms. The average molecular weight is 213 g/mol. The van der Waals surface area contributed by atoms with Gasteiger partial charge in [-0.25, -0.2) is 0 Å². The lowest BCUT2D eigenvalue weighted by Gasteiger charge is -2.30. The Labute approximate surface area is 90.4 Å². The van der Waals surface area contributed by atoms with Crippen molar-refractivity contribution in [1.29, 1.82) is 0 Å². The molecule has 2 saturated heterocycles. The van der Waals surface area contributed by atoms with Crippen LogP contribution in [0, 0.1) is 0 Å². The fourth-order valence-electron chi connectivity index (χ4n) is 2.44. The minimum atomic E-state index is -0.140. The molecule has 2 rings (SSSR count). The van der Waals surface area contributed by atoms with Crippen molar-refractivity contribution in [2.24, 2.45) is 0 Å². The van der Waals surface area contributed by atoms with Gasteiger partial charge >= 0.3 is 0 Å². The van der Waals surface area contributed by atoms with Crippen molar-refractivity contribution in [1.82, 2.24) is 4.90 Å². The molecule has 0 aromatic carbocycles. The van der Waals surface area contributed by atoms with Gasteiger partial charge in [0.1, 0.15) is 0 Å². The minimum absolute atomic E-state index is 0.140. The third kappa shape index (κ3) is 1.56. The van der Waals surface area contributed by atoms with Crippen molar-refractivity contribution in [2.45, 2.75) is 50.3 Å². The van der Waals surface area contributed by atoms with Gasteiger partial charge in [-0.2, -0.15) is 0 Å². The fourth-order valence-corrected chi connectivity index (χ4v) is 3.73. The van der Waals surface area contributed by atoms with Crippen LogP contribution < -0.4 is 0 Å². The van der Waals surface area contributed by atoms with Gasteiger partial charge in [0, 0.05) is 12.6 Å². The van der Waals surface area contributed by atoms with Crippen LogP contribution in [0.25, 0.3) is 0 Å². The second kappa shape index (κ2) is 3.76. The molecule has 14 heavy (non-hydrogen) atoms. The van der Waals surface area contributed by atoms with E-state index in [-0.39, 0.29) is 4.75 Å². The Kier molecular flexibility index (Phi) is 2.78. The zero-order chi connectivity index (χ0) is 10.2. The predicted molar refractivity (Wildman–Crippen MR) is 60.5 cm³/mol. The first kappa shape index (κ1) is 10.3. The monoisotopic (exact) mass is 213 g/mol. The number of amides is 1. The van der Waals surface area contributed by atoms with E-state index in [1.54, 1.807) is 0 Å². The molecular formula is C11H19NOS. The number of carbonyl (C=O) groups is 1. The van der Waals surface area contributed by atoms with Crippen molar-refractivity contribution in [3.05, 3.63) is 0 Å². The molecule has 2 aliphatic heterocycles. The van der Waals surface area contributed by atoms with E-state index in [1.807, 2.05) is 11.8 Å². The van der Waals surface area contributed by atoms with Gasteiger partial charge in [0.25, 0.3) is 0 Å². The lowest BCUT2D eigenvalue weighted by atomic mass is 10.1. The SMILES string of the molecule is CC[C@]1(C)SCC[C@@H]2CCCN2C1=O. The van der Waals surface area contributed by atoms with Crippen LogP contribution >= 0.6 is 11.8 Å². The zero-order valence-electron chi connectivity index (χ0n) is 9.08. The van der Waals surface area contributed by atoms with E-state index in [0.717, 1.165) is 18.7 Å². The van der Waals surface area contributed by atoms with Gasteiger partial charge in [0.15, 0.2) is 0 Å². The summed E-state index contributed by atoms with van der Waals surface area (Å²) < 4.78 is -0.140. The van der Waals surface area contributed by atoms with Gasteiger partial charge in [-0.15, -0.1) is 11.8 Å². The van der Waals surface area contributed by atoms with Crippen LogP contribution in [-0.2, 0) is 4.79 Å². The van der Waals surface area contributed by atoms with Crippen LogP contribution in [0.4, 0.5) is 0 Å². The van der Waals surface area contributed by atoms with Gasteiger partial charge in [-0.05, 0) is 38.4 Å². The Hall–Kier alpha value is -0.180. The van der Waals surface area contributed by atoms with Gasteiger partial charge in [-0.3, -0.25) is 4.79 Å². The van der Waals surface area contributed by atoms with Crippen molar-refractivity contribution < 1.29 is 4.79 Å². The molecule has 0 bridgehead atoms. The van der Waals surface area contributed by atoms with E-state index in [0.29, 0.717) is 11.9 Å². The van der Waals surface area contributed by atoms with Crippen molar-refractivity contribution in [2.75, 3.05) is 12.3 Å². The Morgan fingerprint density at radius 2 is 2.36 bits per heavy atom. The topological polar surface area (TPSA) is 20.3 Å². The molecule has 2 aliphatic rings. The summed E-state index contributed by atoms with van der Waals surface area (Å²) in [5.41, 5.74) is 0. The molecule has 0 unspecified atom stereocenters. The summed E-state index contributed by atoms with van der Waals surface area (Å²) in [5, 5.41) is 0. The molecule has 0 aromatic rings. The number of carbonyl (C=O) groups excluding carboxylic acids is 1. The van der Waals surface area contributed by atoms with E-state index in [2.05, 4.69) is 18.7 Å². The summed E-state index contributed by atoms with van der Waals surface area (Å²) in [6.45, 7) is 5.24. The lowest BCUT2D eigenvalue weighted by Crippen LogP contribution is -2.44. The first-order chi connectivity index (χ1) is 6.67. The Morgan fingerprint density at radius 3 is 3.07 bits per heavy atom. The second-order valence-electron chi connectivity index (χ2n) is 4.52. The maximum atomic E-state index is 12.3. The second-order valence-corrected chi connectivity index (χ2v) is 6.11. The smallest absolute Gasteiger partial charge is 0.238 e. The van der Waals surface area contributed by atoms with E-state index in [9.17, 15) is 4.79 Å². The van der Waals surface area contributed by atoms with E-state index >= 15 is 0 Å². The first-order valence-corrected chi connectivity index (χ1v) is 6.61. The quantitative estimate of drug-likeness (QED) is 0.666. The number of hydrogen-bond donors (Lipinski definition) is 0. The lowest BCUT2D eigenvalue weighted by molar-refractivity contribution is -0.134. The molecule has 0 N–H and O–H groups in total. The molecule has 0 radical (unpaired) electrons. The van der Waals surface area contributed by atoms with Gasteiger partial charge < -0.3 is 4.90 Å². The summed E-state index contributed by atoms with van der Waals surface area (Å²) in [5.74, 6) is 1.54. The molecule has 1 amide bonds. The van der Waals surface area contributed by atoms with Crippen LogP contribution in [0.2, 0.25) is 0 Å². The summed E-state index contributed by atoms with van der Waals surface area (Å²) in [7, 11) is 0. The number of nitrogens with zero attached hydrogens (tertiary/aromatic N) is 1. The molecule has 0 aliphatic carbocycles. The van der Waals surface area contributed by atoms with Crippen molar-refractivity contribution in [3.63, 3.8) is 0 Å². The number of fused-ring (bicyclic) bond motifs is 1. The number of thioether (sulfide) groups is 1. The van der Waals surface area contributed by atoms with Gasteiger partial charge in [0.2, 0.25) is 5.91 Å². The maximum absolute atomic E-state index is 12.3. The zero-order valence-corrected chi connectivity index (χ0v) is 9.90. The van der Waals surface area contributed by atoms with Gasteiger partial charge in [-0.1, -0.05) is 6.92 Å². The molecule has 2 atom stereocenters. The molecule has 2 nitrogen and oxygen atoms in total. The summed E-state index contributed by atoms with van der Waals surface area (Å²) in [6, 6.07) is 0.559. The Bertz CT molecular complexity index is 243. The Morgan fingerprint density at radius 1 is 1.57 bits per heavy atom. The summed E-state index contributed by atoms with van der Waals surface area (Å²) in [6.07, 6.45) is 4.60.